The fourth-order valence-corrected chi connectivity index (χ4v) is 2.33. The molecule has 1 aliphatic heterocycles. The normalized spacial score (nSPS) is 19.6. The van der Waals surface area contributed by atoms with Gasteiger partial charge in [0, 0.05) is 31.5 Å². The minimum Gasteiger partial charge on any atom is -0.370 e. The summed E-state index contributed by atoms with van der Waals surface area (Å²) in [5.74, 6) is -0.450. The third-order valence-corrected chi connectivity index (χ3v) is 3.49. The van der Waals surface area contributed by atoms with Crippen LogP contribution in [-0.4, -0.2) is 24.9 Å². The van der Waals surface area contributed by atoms with E-state index in [0.717, 1.165) is 5.69 Å². The number of fused-ring (bicyclic) bond motifs is 1. The van der Waals surface area contributed by atoms with Gasteiger partial charge in [0.05, 0.1) is 11.4 Å². The van der Waals surface area contributed by atoms with Crippen molar-refractivity contribution in [3.8, 4) is 0 Å². The van der Waals surface area contributed by atoms with Crippen LogP contribution in [0.2, 0.25) is 5.02 Å². The van der Waals surface area contributed by atoms with Crippen LogP contribution in [0.4, 0.5) is 11.4 Å². The number of halogens is 1. The largest absolute Gasteiger partial charge is 0.370 e. The molecule has 0 bridgehead atoms. The molecule has 0 aromatic heterocycles. The van der Waals surface area contributed by atoms with E-state index in [0.29, 0.717) is 17.1 Å². The van der Waals surface area contributed by atoms with Crippen LogP contribution >= 0.6 is 11.6 Å². The number of hydrogen-bond donors (Lipinski definition) is 0. The van der Waals surface area contributed by atoms with Gasteiger partial charge < -0.3 is 4.90 Å². The van der Waals surface area contributed by atoms with Gasteiger partial charge in [-0.25, -0.2) is 4.90 Å². The Hall–Kier alpha value is -1.55. The first kappa shape index (κ1) is 12.9. The number of nitrogens with zero attached hydrogens (tertiary/aromatic N) is 2. The summed E-state index contributed by atoms with van der Waals surface area (Å²) in [6.07, 6.45) is 0.308. The predicted octanol–water partition coefficient (Wildman–Crippen LogP) is 2.45. The van der Waals surface area contributed by atoms with Gasteiger partial charge in [0.1, 0.15) is 0 Å². The molecular formula is C13H15ClN2O2. The van der Waals surface area contributed by atoms with Crippen molar-refractivity contribution in [2.45, 2.75) is 26.3 Å². The van der Waals surface area contributed by atoms with Crippen molar-refractivity contribution >= 4 is 34.8 Å². The molecule has 18 heavy (non-hydrogen) atoms. The standard InChI is InChI=1S/C13H15ClN2O2/c1-8-6-13(18)16(9(2)17)11-5-4-10(14)7-12(11)15(8)3/h4-5,7-8H,6H2,1-3H3/t8-/m0/s1. The molecule has 0 fully saturated rings. The van der Waals surface area contributed by atoms with Crippen molar-refractivity contribution in [2.75, 3.05) is 16.8 Å². The maximum atomic E-state index is 12.1. The van der Waals surface area contributed by atoms with Crippen LogP contribution in [0, 0.1) is 0 Å². The minimum atomic E-state index is -0.272. The molecule has 1 atom stereocenters. The lowest BCUT2D eigenvalue weighted by atomic mass is 10.2. The highest BCUT2D eigenvalue weighted by Crippen LogP contribution is 2.36. The smallest absolute Gasteiger partial charge is 0.235 e. The van der Waals surface area contributed by atoms with E-state index < -0.39 is 0 Å². The summed E-state index contributed by atoms with van der Waals surface area (Å²) in [4.78, 5) is 27.0. The van der Waals surface area contributed by atoms with Gasteiger partial charge >= 0.3 is 0 Å². The average molecular weight is 267 g/mol. The first-order chi connectivity index (χ1) is 8.41. The summed E-state index contributed by atoms with van der Waals surface area (Å²) in [6, 6.07) is 5.21. The van der Waals surface area contributed by atoms with Gasteiger partial charge in [-0.2, -0.15) is 0 Å². The molecule has 0 spiro atoms. The van der Waals surface area contributed by atoms with E-state index in [1.165, 1.54) is 11.8 Å². The molecule has 0 radical (unpaired) electrons. The summed E-state index contributed by atoms with van der Waals surface area (Å²) in [5.41, 5.74) is 1.40. The first-order valence-corrected chi connectivity index (χ1v) is 6.15. The van der Waals surface area contributed by atoms with Crippen LogP contribution in [0.15, 0.2) is 18.2 Å². The summed E-state index contributed by atoms with van der Waals surface area (Å²) in [5, 5.41) is 0.589. The summed E-state index contributed by atoms with van der Waals surface area (Å²) >= 11 is 5.99. The Morgan fingerprint density at radius 1 is 1.39 bits per heavy atom. The maximum Gasteiger partial charge on any atom is 0.235 e. The molecule has 1 aliphatic rings. The number of carbonyl (C=O) groups is 2. The summed E-state index contributed by atoms with van der Waals surface area (Å²) in [6.45, 7) is 3.35. The molecule has 1 aromatic carbocycles. The lowest BCUT2D eigenvalue weighted by Crippen LogP contribution is -2.36. The zero-order valence-corrected chi connectivity index (χ0v) is 11.4. The van der Waals surface area contributed by atoms with Crippen LogP contribution < -0.4 is 9.80 Å². The second-order valence-electron chi connectivity index (χ2n) is 4.55. The minimum absolute atomic E-state index is 0.0269. The molecule has 0 aliphatic carbocycles. The zero-order valence-electron chi connectivity index (χ0n) is 10.6. The quantitative estimate of drug-likeness (QED) is 0.724. The molecule has 0 unspecified atom stereocenters. The number of benzene rings is 1. The SMILES string of the molecule is CC(=O)N1C(=O)C[C@H](C)N(C)c2cc(Cl)ccc21. The van der Waals surface area contributed by atoms with Crippen molar-refractivity contribution in [3.63, 3.8) is 0 Å². The fraction of sp³-hybridized carbons (Fsp3) is 0.385. The molecule has 0 saturated carbocycles. The molecule has 1 aromatic rings. The number of carbonyl (C=O) groups excluding carboxylic acids is 2. The first-order valence-electron chi connectivity index (χ1n) is 5.77. The number of imide groups is 1. The lowest BCUT2D eigenvalue weighted by molar-refractivity contribution is -0.125. The molecule has 0 N–H and O–H groups in total. The van der Waals surface area contributed by atoms with Crippen molar-refractivity contribution in [1.29, 1.82) is 0 Å². The predicted molar refractivity (Wildman–Crippen MR) is 72.1 cm³/mol. The van der Waals surface area contributed by atoms with E-state index in [9.17, 15) is 9.59 Å². The maximum absolute atomic E-state index is 12.1. The van der Waals surface area contributed by atoms with Crippen LogP contribution in [0.1, 0.15) is 20.3 Å². The topological polar surface area (TPSA) is 40.6 Å². The Morgan fingerprint density at radius 2 is 2.06 bits per heavy atom. The number of rotatable bonds is 0. The van der Waals surface area contributed by atoms with Crippen LogP contribution in [0.25, 0.3) is 0 Å². The van der Waals surface area contributed by atoms with Gasteiger partial charge in [-0.3, -0.25) is 9.59 Å². The third-order valence-electron chi connectivity index (χ3n) is 3.25. The summed E-state index contributed by atoms with van der Waals surface area (Å²) < 4.78 is 0. The van der Waals surface area contributed by atoms with E-state index >= 15 is 0 Å². The van der Waals surface area contributed by atoms with E-state index in [2.05, 4.69) is 0 Å². The highest BCUT2D eigenvalue weighted by atomic mass is 35.5. The Morgan fingerprint density at radius 3 is 2.67 bits per heavy atom. The second-order valence-corrected chi connectivity index (χ2v) is 4.98. The Labute approximate surface area is 111 Å². The molecule has 96 valence electrons. The second kappa shape index (κ2) is 4.61. The van der Waals surface area contributed by atoms with E-state index in [1.807, 2.05) is 18.9 Å². The number of anilines is 2. The highest BCUT2D eigenvalue weighted by molar-refractivity contribution is 6.31. The Bertz CT molecular complexity index is 516. The van der Waals surface area contributed by atoms with E-state index in [-0.39, 0.29) is 17.9 Å². The van der Waals surface area contributed by atoms with Crippen LogP contribution in [0.5, 0.6) is 0 Å². The van der Waals surface area contributed by atoms with Crippen molar-refractivity contribution in [1.82, 2.24) is 0 Å². The van der Waals surface area contributed by atoms with Gasteiger partial charge in [-0.1, -0.05) is 11.6 Å². The number of hydrogen-bond acceptors (Lipinski definition) is 3. The Balaban J connectivity index is 2.64. The number of amides is 2. The highest BCUT2D eigenvalue weighted by Gasteiger charge is 2.31. The van der Waals surface area contributed by atoms with Gasteiger partial charge in [0.2, 0.25) is 11.8 Å². The van der Waals surface area contributed by atoms with Crippen molar-refractivity contribution in [2.24, 2.45) is 0 Å². The summed E-state index contributed by atoms with van der Waals surface area (Å²) in [7, 11) is 1.90. The van der Waals surface area contributed by atoms with Crippen LogP contribution in [-0.2, 0) is 9.59 Å². The van der Waals surface area contributed by atoms with E-state index in [4.69, 9.17) is 11.6 Å². The molecule has 5 heteroatoms. The molecule has 1 heterocycles. The van der Waals surface area contributed by atoms with Gasteiger partial charge in [-0.15, -0.1) is 0 Å². The van der Waals surface area contributed by atoms with Crippen LogP contribution in [0.3, 0.4) is 0 Å². The van der Waals surface area contributed by atoms with Gasteiger partial charge in [-0.05, 0) is 25.1 Å². The molecule has 0 saturated heterocycles. The molecule has 2 amide bonds. The van der Waals surface area contributed by atoms with Crippen molar-refractivity contribution < 1.29 is 9.59 Å². The van der Waals surface area contributed by atoms with Gasteiger partial charge in [0.15, 0.2) is 0 Å². The molecule has 4 nitrogen and oxygen atoms in total. The zero-order chi connectivity index (χ0) is 13.4. The van der Waals surface area contributed by atoms with Gasteiger partial charge in [0.25, 0.3) is 0 Å². The van der Waals surface area contributed by atoms with E-state index in [1.54, 1.807) is 18.2 Å². The molecular weight excluding hydrogens is 252 g/mol. The average Bonchev–Trinajstić information content (AvgIpc) is 2.37. The Kier molecular flexibility index (Phi) is 3.30. The van der Waals surface area contributed by atoms with Crippen molar-refractivity contribution in [3.05, 3.63) is 23.2 Å². The molecule has 2 rings (SSSR count). The third kappa shape index (κ3) is 2.08. The monoisotopic (exact) mass is 266 g/mol. The fourth-order valence-electron chi connectivity index (χ4n) is 2.17. The lowest BCUT2D eigenvalue weighted by Gasteiger charge is -2.25.